The number of guanidine groups is 1. The van der Waals surface area contributed by atoms with Crippen LogP contribution in [0.15, 0.2) is 23.2 Å². The van der Waals surface area contributed by atoms with Crippen molar-refractivity contribution < 1.29 is 22.6 Å². The molecule has 0 bridgehead atoms. The van der Waals surface area contributed by atoms with Gasteiger partial charge in [0.05, 0.1) is 20.8 Å². The minimum atomic E-state index is -4.15. The lowest BCUT2D eigenvalue weighted by Gasteiger charge is -2.17. The summed E-state index contributed by atoms with van der Waals surface area (Å²) in [5, 5.41) is 3.03. The Balaban J connectivity index is 0.00000392. The normalized spacial score (nSPS) is 17.9. The van der Waals surface area contributed by atoms with E-state index in [0.29, 0.717) is 50.1 Å². The van der Waals surface area contributed by atoms with Crippen LogP contribution in [0.2, 0.25) is 0 Å². The van der Waals surface area contributed by atoms with Crippen LogP contribution in [-0.2, 0) is 6.42 Å². The lowest BCUT2D eigenvalue weighted by atomic mass is 10.1. The molecule has 0 spiro atoms. The summed E-state index contributed by atoms with van der Waals surface area (Å²) in [5.74, 6) is 1.76. The molecule has 3 N–H and O–H groups in total. The molecule has 1 aromatic carbocycles. The first-order chi connectivity index (χ1) is 12.8. The van der Waals surface area contributed by atoms with Crippen LogP contribution in [0.3, 0.4) is 0 Å². The maximum atomic E-state index is 12.4. The molecule has 1 saturated heterocycles. The van der Waals surface area contributed by atoms with Crippen LogP contribution >= 0.6 is 24.0 Å². The van der Waals surface area contributed by atoms with E-state index in [9.17, 15) is 13.2 Å². The topological polar surface area (TPSA) is 72.1 Å². The molecular weight excluding hydrogens is 488 g/mol. The van der Waals surface area contributed by atoms with Gasteiger partial charge in [0.25, 0.3) is 0 Å². The number of aliphatic imine (C=N–C) groups is 1. The predicted molar refractivity (Wildman–Crippen MR) is 114 cm³/mol. The Kier molecular flexibility index (Phi) is 10.1. The molecule has 10 heteroatoms. The van der Waals surface area contributed by atoms with E-state index >= 15 is 0 Å². The van der Waals surface area contributed by atoms with Crippen molar-refractivity contribution in [1.29, 1.82) is 0 Å². The van der Waals surface area contributed by atoms with Crippen LogP contribution < -0.4 is 20.5 Å². The molecule has 1 aromatic rings. The smallest absolute Gasteiger partial charge is 0.401 e. The van der Waals surface area contributed by atoms with Crippen LogP contribution in [-0.4, -0.2) is 64.0 Å². The molecule has 1 aliphatic heterocycles. The third kappa shape index (κ3) is 8.29. The lowest BCUT2D eigenvalue weighted by molar-refractivity contribution is -0.143. The Bertz CT molecular complexity index is 644. The molecule has 0 aromatic heterocycles. The van der Waals surface area contributed by atoms with Gasteiger partial charge in [-0.2, -0.15) is 13.2 Å². The molecule has 0 radical (unpaired) electrons. The fourth-order valence-electron chi connectivity index (χ4n) is 3.11. The van der Waals surface area contributed by atoms with Crippen LogP contribution in [0.25, 0.3) is 0 Å². The second-order valence-corrected chi connectivity index (χ2v) is 6.60. The standard InChI is InChI=1S/C18H27F3N4O2.HI/c1-26-15-4-3-13(9-16(15)27-2)5-7-23-17(22)24-10-14-6-8-25(11-14)12-18(19,20)21;/h3-4,9,14H,5-8,10-12H2,1-2H3,(H3,22,23,24);1H. The van der Waals surface area contributed by atoms with Crippen molar-refractivity contribution in [3.63, 3.8) is 0 Å². The number of methoxy groups -OCH3 is 2. The van der Waals surface area contributed by atoms with Gasteiger partial charge in [-0.3, -0.25) is 9.89 Å². The molecule has 0 aliphatic carbocycles. The highest BCUT2D eigenvalue weighted by molar-refractivity contribution is 14.0. The monoisotopic (exact) mass is 516 g/mol. The van der Waals surface area contributed by atoms with Gasteiger partial charge in [-0.25, -0.2) is 0 Å². The number of hydrogen-bond donors (Lipinski definition) is 2. The van der Waals surface area contributed by atoms with Crippen LogP contribution in [0, 0.1) is 5.92 Å². The number of alkyl halides is 3. The van der Waals surface area contributed by atoms with Crippen molar-refractivity contribution in [2.45, 2.75) is 19.0 Å². The molecule has 1 unspecified atom stereocenters. The molecule has 0 saturated carbocycles. The zero-order valence-electron chi connectivity index (χ0n) is 16.1. The largest absolute Gasteiger partial charge is 0.493 e. The van der Waals surface area contributed by atoms with E-state index in [1.165, 1.54) is 4.90 Å². The molecule has 1 fully saturated rings. The Morgan fingerprint density at radius 2 is 2.00 bits per heavy atom. The van der Waals surface area contributed by atoms with Crippen LogP contribution in [0.1, 0.15) is 12.0 Å². The van der Waals surface area contributed by atoms with Crippen molar-refractivity contribution in [3.05, 3.63) is 23.8 Å². The fourth-order valence-corrected chi connectivity index (χ4v) is 3.11. The van der Waals surface area contributed by atoms with Gasteiger partial charge < -0.3 is 20.5 Å². The van der Waals surface area contributed by atoms with Crippen molar-refractivity contribution >= 4 is 29.9 Å². The van der Waals surface area contributed by atoms with Crippen molar-refractivity contribution in [1.82, 2.24) is 10.2 Å². The number of hydrogen-bond acceptors (Lipinski definition) is 4. The number of halogens is 4. The van der Waals surface area contributed by atoms with Crippen LogP contribution in [0.4, 0.5) is 13.2 Å². The summed E-state index contributed by atoms with van der Waals surface area (Å²) in [6.07, 6.45) is -2.72. The molecular formula is C18H28F3IN4O2. The Morgan fingerprint density at radius 3 is 2.64 bits per heavy atom. The third-order valence-electron chi connectivity index (χ3n) is 4.46. The first-order valence-corrected chi connectivity index (χ1v) is 8.84. The number of likely N-dealkylation sites (tertiary alicyclic amines) is 1. The molecule has 6 nitrogen and oxygen atoms in total. The van der Waals surface area contributed by atoms with Crippen LogP contribution in [0.5, 0.6) is 11.5 Å². The van der Waals surface area contributed by atoms with E-state index in [1.54, 1.807) is 14.2 Å². The average molecular weight is 516 g/mol. The molecule has 1 aliphatic rings. The molecule has 2 rings (SSSR count). The highest BCUT2D eigenvalue weighted by Gasteiger charge is 2.34. The van der Waals surface area contributed by atoms with E-state index in [0.717, 1.165) is 12.0 Å². The molecule has 0 amide bonds. The highest BCUT2D eigenvalue weighted by Crippen LogP contribution is 2.27. The van der Waals surface area contributed by atoms with Crippen molar-refractivity contribution in [2.24, 2.45) is 16.6 Å². The Hall–Kier alpha value is -1.43. The van der Waals surface area contributed by atoms with Crippen molar-refractivity contribution in [2.75, 3.05) is 46.9 Å². The molecule has 1 atom stereocenters. The summed E-state index contributed by atoms with van der Waals surface area (Å²) in [6, 6.07) is 5.70. The Morgan fingerprint density at radius 1 is 1.29 bits per heavy atom. The minimum Gasteiger partial charge on any atom is -0.493 e. The quantitative estimate of drug-likeness (QED) is 0.316. The maximum absolute atomic E-state index is 12.4. The lowest BCUT2D eigenvalue weighted by Crippen LogP contribution is -2.34. The summed E-state index contributed by atoms with van der Waals surface area (Å²) in [7, 11) is 3.17. The van der Waals surface area contributed by atoms with E-state index < -0.39 is 12.7 Å². The predicted octanol–water partition coefficient (Wildman–Crippen LogP) is 2.65. The maximum Gasteiger partial charge on any atom is 0.401 e. The van der Waals surface area contributed by atoms with Gasteiger partial charge in [0, 0.05) is 19.6 Å². The number of nitrogens with one attached hydrogen (secondary N) is 1. The number of nitrogens with two attached hydrogens (primary N) is 1. The summed E-state index contributed by atoms with van der Waals surface area (Å²) in [6.45, 7) is 1.03. The zero-order chi connectivity index (χ0) is 19.9. The fraction of sp³-hybridized carbons (Fsp3) is 0.611. The first-order valence-electron chi connectivity index (χ1n) is 8.84. The average Bonchev–Trinajstić information content (AvgIpc) is 3.05. The van der Waals surface area contributed by atoms with E-state index in [2.05, 4.69) is 10.3 Å². The highest BCUT2D eigenvalue weighted by atomic mass is 127. The summed E-state index contributed by atoms with van der Waals surface area (Å²) >= 11 is 0. The van der Waals surface area contributed by atoms with Gasteiger partial charge in [-0.05, 0) is 43.0 Å². The third-order valence-corrected chi connectivity index (χ3v) is 4.46. The Labute approximate surface area is 180 Å². The first kappa shape index (κ1) is 24.6. The number of benzene rings is 1. The van der Waals surface area contributed by atoms with Gasteiger partial charge in [0.15, 0.2) is 17.5 Å². The SMILES string of the molecule is COc1ccc(CCNC(N)=NCC2CCN(CC(F)(F)F)C2)cc1OC.I. The number of ether oxygens (including phenoxy) is 2. The van der Waals surface area contributed by atoms with Gasteiger partial charge in [-0.15, -0.1) is 24.0 Å². The van der Waals surface area contributed by atoms with Gasteiger partial charge in [-0.1, -0.05) is 6.07 Å². The number of nitrogens with zero attached hydrogens (tertiary/aromatic N) is 2. The molecule has 1 heterocycles. The number of rotatable bonds is 8. The summed E-state index contributed by atoms with van der Waals surface area (Å²) in [4.78, 5) is 5.68. The van der Waals surface area contributed by atoms with Gasteiger partial charge >= 0.3 is 6.18 Å². The van der Waals surface area contributed by atoms with Gasteiger partial charge in [0.1, 0.15) is 0 Å². The molecule has 28 heavy (non-hydrogen) atoms. The summed E-state index contributed by atoms with van der Waals surface area (Å²) in [5.41, 5.74) is 6.92. The summed E-state index contributed by atoms with van der Waals surface area (Å²) < 4.78 is 47.7. The second kappa shape index (κ2) is 11.5. The molecule has 160 valence electrons. The zero-order valence-corrected chi connectivity index (χ0v) is 18.4. The van der Waals surface area contributed by atoms with E-state index in [1.807, 2.05) is 18.2 Å². The van der Waals surface area contributed by atoms with E-state index in [4.69, 9.17) is 15.2 Å². The van der Waals surface area contributed by atoms with E-state index in [-0.39, 0.29) is 29.9 Å². The van der Waals surface area contributed by atoms with Gasteiger partial charge in [0.2, 0.25) is 0 Å². The second-order valence-electron chi connectivity index (χ2n) is 6.60. The minimum absolute atomic E-state index is 0. The van der Waals surface area contributed by atoms with Crippen molar-refractivity contribution in [3.8, 4) is 11.5 Å².